The van der Waals surface area contributed by atoms with E-state index in [9.17, 15) is 0 Å². The van der Waals surface area contributed by atoms with Crippen LogP contribution in [0.4, 0.5) is 0 Å². The summed E-state index contributed by atoms with van der Waals surface area (Å²) in [5, 5.41) is 0. The summed E-state index contributed by atoms with van der Waals surface area (Å²) >= 11 is 0. The fraction of sp³-hybridized carbons (Fsp3) is 0.800. The molecule has 0 heterocycles. The van der Waals surface area contributed by atoms with Crippen molar-refractivity contribution in [2.75, 3.05) is 0 Å². The van der Waals surface area contributed by atoms with E-state index in [1.165, 1.54) is 0 Å². The zero-order chi connectivity index (χ0) is 8.91. The van der Waals surface area contributed by atoms with Crippen molar-refractivity contribution < 1.29 is 0 Å². The highest BCUT2D eigenvalue weighted by Gasteiger charge is 2.64. The number of hydrogen-bond acceptors (Lipinski definition) is 1. The number of hydrogen-bond donors (Lipinski definition) is 1. The lowest BCUT2D eigenvalue weighted by Crippen LogP contribution is -2.34. The maximum Gasteiger partial charge on any atom is 0.0195 e. The Balaban J connectivity index is 2.86. The van der Waals surface area contributed by atoms with Crippen molar-refractivity contribution in [3.05, 3.63) is 12.7 Å². The van der Waals surface area contributed by atoms with E-state index in [1.807, 2.05) is 6.08 Å². The maximum absolute atomic E-state index is 6.06. The Morgan fingerprint density at radius 1 is 1.45 bits per heavy atom. The van der Waals surface area contributed by atoms with Crippen LogP contribution in [0.15, 0.2) is 12.7 Å². The van der Waals surface area contributed by atoms with Gasteiger partial charge in [-0.1, -0.05) is 26.8 Å². The van der Waals surface area contributed by atoms with Crippen LogP contribution in [-0.4, -0.2) is 5.54 Å². The molecule has 0 amide bonds. The molecule has 1 heteroatoms. The van der Waals surface area contributed by atoms with E-state index in [1.54, 1.807) is 0 Å². The SMILES string of the molecule is C=CC(C)(C)C1(C)CC1(C)N. The third-order valence-corrected chi connectivity index (χ3v) is 3.79. The van der Waals surface area contributed by atoms with Gasteiger partial charge in [0.05, 0.1) is 0 Å². The van der Waals surface area contributed by atoms with Crippen LogP contribution in [0.1, 0.15) is 34.1 Å². The predicted molar refractivity (Wildman–Crippen MR) is 49.3 cm³/mol. The Labute approximate surface area is 69.7 Å². The first-order chi connectivity index (χ1) is 4.77. The summed E-state index contributed by atoms with van der Waals surface area (Å²) in [6, 6.07) is 0. The van der Waals surface area contributed by atoms with Gasteiger partial charge < -0.3 is 5.73 Å². The summed E-state index contributed by atoms with van der Waals surface area (Å²) in [6.07, 6.45) is 3.13. The predicted octanol–water partition coefficient (Wildman–Crippen LogP) is 2.33. The molecule has 0 spiro atoms. The van der Waals surface area contributed by atoms with Gasteiger partial charge in [0.1, 0.15) is 0 Å². The van der Waals surface area contributed by atoms with Crippen molar-refractivity contribution in [1.82, 2.24) is 0 Å². The summed E-state index contributed by atoms with van der Waals surface area (Å²) in [6.45, 7) is 12.6. The van der Waals surface area contributed by atoms with Crippen molar-refractivity contribution in [3.8, 4) is 0 Å². The van der Waals surface area contributed by atoms with Gasteiger partial charge in [0.15, 0.2) is 0 Å². The molecule has 2 atom stereocenters. The summed E-state index contributed by atoms with van der Waals surface area (Å²) in [4.78, 5) is 0. The van der Waals surface area contributed by atoms with E-state index >= 15 is 0 Å². The van der Waals surface area contributed by atoms with Crippen LogP contribution in [0.5, 0.6) is 0 Å². The van der Waals surface area contributed by atoms with Gasteiger partial charge in [-0.15, -0.1) is 6.58 Å². The lowest BCUT2D eigenvalue weighted by Gasteiger charge is -2.31. The van der Waals surface area contributed by atoms with Crippen molar-refractivity contribution in [2.45, 2.75) is 39.7 Å². The van der Waals surface area contributed by atoms with Gasteiger partial charge in [-0.2, -0.15) is 0 Å². The minimum absolute atomic E-state index is 0.0185. The monoisotopic (exact) mass is 153 g/mol. The standard InChI is InChI=1S/C10H19N/c1-6-8(2,3)9(4)7-10(9,5)11/h6H,1,7,11H2,2-5H3. The molecule has 2 unspecified atom stereocenters. The van der Waals surface area contributed by atoms with E-state index in [2.05, 4.69) is 34.3 Å². The van der Waals surface area contributed by atoms with Crippen molar-refractivity contribution in [2.24, 2.45) is 16.6 Å². The molecule has 0 aromatic heterocycles. The highest BCUT2D eigenvalue weighted by Crippen LogP contribution is 2.64. The van der Waals surface area contributed by atoms with Gasteiger partial charge in [-0.3, -0.25) is 0 Å². The third kappa shape index (κ3) is 0.943. The van der Waals surface area contributed by atoms with Gasteiger partial charge in [-0.05, 0) is 24.2 Å². The molecule has 1 aliphatic carbocycles. The fourth-order valence-corrected chi connectivity index (χ4v) is 1.88. The fourth-order valence-electron chi connectivity index (χ4n) is 1.88. The average molecular weight is 153 g/mol. The Morgan fingerprint density at radius 2 is 1.82 bits per heavy atom. The van der Waals surface area contributed by atoms with Gasteiger partial charge in [0, 0.05) is 5.54 Å². The van der Waals surface area contributed by atoms with E-state index in [0.29, 0.717) is 0 Å². The number of nitrogens with two attached hydrogens (primary N) is 1. The van der Waals surface area contributed by atoms with Crippen molar-refractivity contribution in [1.29, 1.82) is 0 Å². The summed E-state index contributed by atoms with van der Waals surface area (Å²) in [5.74, 6) is 0. The zero-order valence-electron chi connectivity index (χ0n) is 8.07. The van der Waals surface area contributed by atoms with Crippen LogP contribution in [-0.2, 0) is 0 Å². The van der Waals surface area contributed by atoms with Crippen LogP contribution >= 0.6 is 0 Å². The summed E-state index contributed by atoms with van der Waals surface area (Å²) in [7, 11) is 0. The van der Waals surface area contributed by atoms with Crippen LogP contribution in [0, 0.1) is 10.8 Å². The first kappa shape index (κ1) is 8.79. The molecule has 0 aromatic rings. The third-order valence-electron chi connectivity index (χ3n) is 3.79. The average Bonchev–Trinajstić information content (AvgIpc) is 2.35. The smallest absolute Gasteiger partial charge is 0.0195 e. The second kappa shape index (κ2) is 1.89. The molecule has 0 aromatic carbocycles. The molecule has 0 aliphatic heterocycles. The van der Waals surface area contributed by atoms with Gasteiger partial charge in [-0.25, -0.2) is 0 Å². The maximum atomic E-state index is 6.06. The molecule has 0 bridgehead atoms. The molecular weight excluding hydrogens is 134 g/mol. The molecule has 11 heavy (non-hydrogen) atoms. The second-order valence-electron chi connectivity index (χ2n) is 4.85. The molecule has 1 saturated carbocycles. The highest BCUT2D eigenvalue weighted by molar-refractivity contribution is 5.23. The van der Waals surface area contributed by atoms with E-state index in [-0.39, 0.29) is 16.4 Å². The normalized spacial score (nSPS) is 43.7. The minimum atomic E-state index is 0.0185. The van der Waals surface area contributed by atoms with Crippen LogP contribution in [0.25, 0.3) is 0 Å². The molecule has 2 N–H and O–H groups in total. The second-order valence-corrected chi connectivity index (χ2v) is 4.85. The quantitative estimate of drug-likeness (QED) is 0.605. The molecule has 1 aliphatic rings. The topological polar surface area (TPSA) is 26.0 Å². The van der Waals surface area contributed by atoms with E-state index in [0.717, 1.165) is 6.42 Å². The lowest BCUT2D eigenvalue weighted by molar-refractivity contribution is 0.247. The van der Waals surface area contributed by atoms with Gasteiger partial charge in [0.25, 0.3) is 0 Å². The Morgan fingerprint density at radius 3 is 1.91 bits per heavy atom. The van der Waals surface area contributed by atoms with Crippen molar-refractivity contribution >= 4 is 0 Å². The molecule has 1 fully saturated rings. The lowest BCUT2D eigenvalue weighted by atomic mass is 9.74. The van der Waals surface area contributed by atoms with Crippen LogP contribution in [0.2, 0.25) is 0 Å². The molecule has 1 rings (SSSR count). The number of allylic oxidation sites excluding steroid dienone is 1. The van der Waals surface area contributed by atoms with E-state index in [4.69, 9.17) is 5.73 Å². The zero-order valence-corrected chi connectivity index (χ0v) is 8.07. The molecule has 64 valence electrons. The number of rotatable bonds is 2. The molecule has 0 saturated heterocycles. The van der Waals surface area contributed by atoms with E-state index < -0.39 is 0 Å². The molecular formula is C10H19N. The van der Waals surface area contributed by atoms with Gasteiger partial charge in [0.2, 0.25) is 0 Å². The van der Waals surface area contributed by atoms with Crippen LogP contribution in [0.3, 0.4) is 0 Å². The van der Waals surface area contributed by atoms with Crippen molar-refractivity contribution in [3.63, 3.8) is 0 Å². The van der Waals surface area contributed by atoms with Crippen LogP contribution < -0.4 is 5.73 Å². The highest BCUT2D eigenvalue weighted by atomic mass is 14.9. The first-order valence-corrected chi connectivity index (χ1v) is 4.19. The first-order valence-electron chi connectivity index (χ1n) is 4.19. The summed E-state index contributed by atoms with van der Waals surface area (Å²) in [5.41, 5.74) is 6.49. The van der Waals surface area contributed by atoms with Gasteiger partial charge >= 0.3 is 0 Å². The Bertz CT molecular complexity index is 191. The Hall–Kier alpha value is -0.300. The molecule has 0 radical (unpaired) electrons. The molecule has 1 nitrogen and oxygen atoms in total. The summed E-state index contributed by atoms with van der Waals surface area (Å²) < 4.78 is 0. The minimum Gasteiger partial charge on any atom is -0.325 e. The largest absolute Gasteiger partial charge is 0.325 e. The Kier molecular flexibility index (Phi) is 1.51.